The Morgan fingerprint density at radius 3 is 2.45 bits per heavy atom. The number of carboxylic acids is 1. The van der Waals surface area contributed by atoms with Crippen LogP contribution in [0.3, 0.4) is 0 Å². The number of nitrogens with two attached hydrogens (primary N) is 1. The van der Waals surface area contributed by atoms with Gasteiger partial charge < -0.3 is 21.2 Å². The number of amides is 2. The molecule has 2 atom stereocenters. The van der Waals surface area contributed by atoms with Crippen molar-refractivity contribution in [3.05, 3.63) is 60.2 Å². The van der Waals surface area contributed by atoms with Crippen molar-refractivity contribution in [3.63, 3.8) is 0 Å². The molecular formula is C26H35ClN6O6S. The number of aliphatic carboxylic acids is 1. The van der Waals surface area contributed by atoms with Crippen LogP contribution in [-0.4, -0.2) is 67.1 Å². The number of carboxylic acid groups (broad SMARTS) is 1. The molecule has 1 fully saturated rings. The molecule has 0 radical (unpaired) electrons. The molecule has 1 aliphatic heterocycles. The molecule has 2 aromatic rings. The van der Waals surface area contributed by atoms with Crippen molar-refractivity contribution < 1.29 is 27.9 Å². The summed E-state index contributed by atoms with van der Waals surface area (Å²) in [5, 5.41) is 15.0. The standard InChI is InChI=1S/C26H34N6O6S.ClH/c27-29-18-28-15-5-4-10-24(33)30-20-13-11-19(12-14-20)17-22(26(35)36)31-25(34)23-9-6-16-32(23)39(37,38)21-7-2-1-3-8-21;/h1-3,7-8,11-14,18,22-23H,4-6,9-10,15-17,27H2,(H,28,29)(H,30,33)(H,31,34)(H,35,36);1H. The predicted molar refractivity (Wildman–Crippen MR) is 153 cm³/mol. The molecule has 1 saturated heterocycles. The molecule has 2 amide bonds. The minimum atomic E-state index is -3.90. The van der Waals surface area contributed by atoms with Gasteiger partial charge in [0.25, 0.3) is 0 Å². The summed E-state index contributed by atoms with van der Waals surface area (Å²) < 4.78 is 27.3. The van der Waals surface area contributed by atoms with E-state index in [4.69, 9.17) is 5.84 Å². The Morgan fingerprint density at radius 1 is 1.10 bits per heavy atom. The normalized spacial score (nSPS) is 16.2. The molecule has 12 nitrogen and oxygen atoms in total. The Balaban J connectivity index is 0.00000560. The number of nitrogens with zero attached hydrogens (tertiary/aromatic N) is 2. The lowest BCUT2D eigenvalue weighted by Gasteiger charge is -2.25. The second kappa shape index (κ2) is 15.9. The van der Waals surface area contributed by atoms with E-state index < -0.39 is 34.0 Å². The minimum absolute atomic E-state index is 0. The Morgan fingerprint density at radius 2 is 1.80 bits per heavy atom. The van der Waals surface area contributed by atoms with E-state index in [2.05, 4.69) is 21.1 Å². The number of anilines is 1. The van der Waals surface area contributed by atoms with Crippen LogP contribution < -0.4 is 21.9 Å². The van der Waals surface area contributed by atoms with E-state index in [1.807, 2.05) is 0 Å². The molecular weight excluding hydrogens is 560 g/mol. The maximum absolute atomic E-state index is 13.1. The summed E-state index contributed by atoms with van der Waals surface area (Å²) in [5.74, 6) is 3.06. The highest BCUT2D eigenvalue weighted by Crippen LogP contribution is 2.26. The van der Waals surface area contributed by atoms with E-state index in [1.54, 1.807) is 42.5 Å². The number of benzene rings is 2. The van der Waals surface area contributed by atoms with E-state index >= 15 is 0 Å². The molecule has 2 unspecified atom stereocenters. The van der Waals surface area contributed by atoms with Crippen molar-refractivity contribution in [1.29, 1.82) is 0 Å². The third kappa shape index (κ3) is 9.30. The first-order valence-electron chi connectivity index (χ1n) is 12.7. The number of halogens is 1. The van der Waals surface area contributed by atoms with Crippen LogP contribution >= 0.6 is 12.4 Å². The lowest BCUT2D eigenvalue weighted by molar-refractivity contribution is -0.142. The largest absolute Gasteiger partial charge is 0.480 e. The van der Waals surface area contributed by atoms with Crippen LogP contribution in [0.25, 0.3) is 0 Å². The molecule has 0 bridgehead atoms. The van der Waals surface area contributed by atoms with Gasteiger partial charge in [0.05, 0.1) is 11.2 Å². The zero-order valence-corrected chi connectivity index (χ0v) is 23.5. The van der Waals surface area contributed by atoms with Gasteiger partial charge in [-0.3, -0.25) is 14.6 Å². The van der Waals surface area contributed by atoms with Crippen LogP contribution in [0.1, 0.15) is 37.7 Å². The lowest BCUT2D eigenvalue weighted by Crippen LogP contribution is -2.51. The van der Waals surface area contributed by atoms with Gasteiger partial charge in [0.2, 0.25) is 21.8 Å². The number of hydrogen-bond acceptors (Lipinski definition) is 7. The van der Waals surface area contributed by atoms with Crippen molar-refractivity contribution in [2.75, 3.05) is 18.4 Å². The first-order chi connectivity index (χ1) is 18.7. The first-order valence-corrected chi connectivity index (χ1v) is 14.1. The van der Waals surface area contributed by atoms with Crippen LogP contribution in [0.5, 0.6) is 0 Å². The smallest absolute Gasteiger partial charge is 0.326 e. The lowest BCUT2D eigenvalue weighted by atomic mass is 10.0. The highest BCUT2D eigenvalue weighted by Gasteiger charge is 2.40. The third-order valence-corrected chi connectivity index (χ3v) is 8.18. The van der Waals surface area contributed by atoms with Gasteiger partial charge in [-0.25, -0.2) is 19.1 Å². The highest BCUT2D eigenvalue weighted by atomic mass is 35.5. The monoisotopic (exact) mass is 594 g/mol. The quantitative estimate of drug-likeness (QED) is 0.0719. The summed E-state index contributed by atoms with van der Waals surface area (Å²) in [6.45, 7) is 0.745. The highest BCUT2D eigenvalue weighted by molar-refractivity contribution is 7.89. The maximum Gasteiger partial charge on any atom is 0.326 e. The van der Waals surface area contributed by atoms with E-state index in [-0.39, 0.29) is 36.2 Å². The van der Waals surface area contributed by atoms with Crippen molar-refractivity contribution in [2.24, 2.45) is 10.8 Å². The summed E-state index contributed by atoms with van der Waals surface area (Å²) in [7, 11) is -3.90. The molecule has 0 spiro atoms. The Labute approximate surface area is 239 Å². The van der Waals surface area contributed by atoms with Gasteiger partial charge >= 0.3 is 5.97 Å². The van der Waals surface area contributed by atoms with Crippen molar-refractivity contribution in [2.45, 2.75) is 55.5 Å². The molecule has 0 saturated carbocycles. The van der Waals surface area contributed by atoms with Gasteiger partial charge in [-0.05, 0) is 55.5 Å². The molecule has 218 valence electrons. The predicted octanol–water partition coefficient (Wildman–Crippen LogP) is 1.67. The summed E-state index contributed by atoms with van der Waals surface area (Å²) in [4.78, 5) is 41.2. The van der Waals surface area contributed by atoms with Gasteiger partial charge in [0, 0.05) is 31.6 Å². The van der Waals surface area contributed by atoms with Crippen molar-refractivity contribution in [3.8, 4) is 0 Å². The molecule has 6 N–H and O–H groups in total. The third-order valence-electron chi connectivity index (χ3n) is 6.26. The Bertz CT molecular complexity index is 1260. The van der Waals surface area contributed by atoms with Crippen LogP contribution in [-0.2, 0) is 30.8 Å². The van der Waals surface area contributed by atoms with Gasteiger partial charge in [-0.2, -0.15) is 4.31 Å². The molecule has 2 aromatic carbocycles. The number of sulfonamides is 1. The topological polar surface area (TPSA) is 183 Å². The number of carbonyl (C=O) groups is 3. The first kappa shape index (κ1) is 32.7. The zero-order chi connectivity index (χ0) is 28.3. The summed E-state index contributed by atoms with van der Waals surface area (Å²) in [5.41, 5.74) is 3.51. The zero-order valence-electron chi connectivity index (χ0n) is 21.9. The fourth-order valence-electron chi connectivity index (χ4n) is 4.27. The van der Waals surface area contributed by atoms with E-state index in [0.29, 0.717) is 43.5 Å². The number of hydrogen-bond donors (Lipinski definition) is 5. The number of carbonyl (C=O) groups excluding carboxylic acids is 2. The maximum atomic E-state index is 13.1. The molecule has 1 heterocycles. The number of aliphatic imine (C=N–C) groups is 1. The number of unbranched alkanes of at least 4 members (excludes halogenated alkanes) is 1. The Kier molecular flexibility index (Phi) is 13.0. The van der Waals surface area contributed by atoms with Crippen molar-refractivity contribution >= 4 is 52.2 Å². The average molecular weight is 595 g/mol. The number of nitrogens with one attached hydrogen (secondary N) is 3. The van der Waals surface area contributed by atoms with E-state index in [0.717, 1.165) is 10.7 Å². The number of rotatable bonds is 14. The van der Waals surface area contributed by atoms with Crippen LogP contribution in [0.2, 0.25) is 0 Å². The second-order valence-electron chi connectivity index (χ2n) is 9.09. The van der Waals surface area contributed by atoms with E-state index in [9.17, 15) is 27.9 Å². The number of hydrazine groups is 1. The molecule has 0 aliphatic carbocycles. The van der Waals surface area contributed by atoms with Gasteiger partial charge in [-0.1, -0.05) is 30.3 Å². The summed E-state index contributed by atoms with van der Waals surface area (Å²) in [6.07, 6.45) is 3.91. The van der Waals surface area contributed by atoms with Gasteiger partial charge in [0.1, 0.15) is 12.1 Å². The van der Waals surface area contributed by atoms with Crippen LogP contribution in [0, 0.1) is 0 Å². The molecule has 0 aromatic heterocycles. The fourth-order valence-corrected chi connectivity index (χ4v) is 5.95. The molecule has 14 heteroatoms. The molecule has 3 rings (SSSR count). The molecule has 40 heavy (non-hydrogen) atoms. The minimum Gasteiger partial charge on any atom is -0.480 e. The second-order valence-corrected chi connectivity index (χ2v) is 11.0. The Hall–Kier alpha value is -3.52. The average Bonchev–Trinajstić information content (AvgIpc) is 3.43. The van der Waals surface area contributed by atoms with Crippen molar-refractivity contribution in [1.82, 2.24) is 15.0 Å². The fraction of sp³-hybridized carbons (Fsp3) is 0.385. The summed E-state index contributed by atoms with van der Waals surface area (Å²) in [6, 6.07) is 12.3. The SMILES string of the molecule is Cl.NNC=NCCCCC(=O)Nc1ccc(CC(NC(=O)C2CCCN2S(=O)(=O)c2ccccc2)C(=O)O)cc1. The summed E-state index contributed by atoms with van der Waals surface area (Å²) >= 11 is 0. The van der Waals surface area contributed by atoms with Gasteiger partial charge in [0.15, 0.2) is 0 Å². The van der Waals surface area contributed by atoms with E-state index in [1.165, 1.54) is 18.5 Å². The van der Waals surface area contributed by atoms with Crippen LogP contribution in [0.15, 0.2) is 64.5 Å². The molecule has 1 aliphatic rings. The van der Waals surface area contributed by atoms with Gasteiger partial charge in [-0.15, -0.1) is 12.4 Å². The van der Waals surface area contributed by atoms with Crippen LogP contribution in [0.4, 0.5) is 5.69 Å².